The third-order valence-corrected chi connectivity index (χ3v) is 14.3. The molecule has 4 aliphatic rings. The summed E-state index contributed by atoms with van der Waals surface area (Å²) in [4.78, 5) is 69.0. The van der Waals surface area contributed by atoms with Crippen LogP contribution in [0.3, 0.4) is 0 Å². The molecule has 12 nitrogen and oxygen atoms in total. The molecule has 15 heteroatoms. The molecule has 3 aliphatic carbocycles. The number of nitrogens with one attached hydrogen (secondary N) is 4. The molecule has 0 aromatic carbocycles. The maximum absolute atomic E-state index is 14.4. The standard InChI is InChI=1S/C34H53Cl2N5O7S/c1-8-16-37-28(44)25(42)22(17-20-12-13-20)38-27(43)24-23-21(34(23,35)36)18-41(24)29(45)26(31(2,3)4)39-30(46)40-33(14-10-9-11-15-33)19-49(47,48)32(5,6)7/h8,20-24,26H,1,9-19H2,2-7H3,(H,37,44)(H,38,43)(H2,39,40,46)/t21-,22?,23-,24-,26+/m0/s1. The van der Waals surface area contributed by atoms with Gasteiger partial charge in [-0.1, -0.05) is 59.0 Å². The van der Waals surface area contributed by atoms with Crippen molar-refractivity contribution in [2.45, 2.75) is 126 Å². The van der Waals surface area contributed by atoms with Crippen LogP contribution >= 0.6 is 23.2 Å². The highest BCUT2D eigenvalue weighted by Gasteiger charge is 2.74. The minimum Gasteiger partial charge on any atom is -0.346 e. The summed E-state index contributed by atoms with van der Waals surface area (Å²) in [6.45, 7) is 13.9. The summed E-state index contributed by atoms with van der Waals surface area (Å²) in [5.41, 5.74) is -1.82. The van der Waals surface area contributed by atoms with Gasteiger partial charge in [-0.3, -0.25) is 19.2 Å². The number of rotatable bonds is 13. The molecule has 0 aromatic rings. The number of hydrogen-bond acceptors (Lipinski definition) is 7. The fraction of sp³-hybridized carbons (Fsp3) is 0.794. The Kier molecular flexibility index (Phi) is 11.5. The quantitative estimate of drug-likeness (QED) is 0.127. The molecular weight excluding hydrogens is 693 g/mol. The van der Waals surface area contributed by atoms with Crippen LogP contribution in [0.25, 0.3) is 0 Å². The molecule has 0 radical (unpaired) electrons. The molecule has 49 heavy (non-hydrogen) atoms. The fourth-order valence-corrected chi connectivity index (χ4v) is 9.40. The van der Waals surface area contributed by atoms with Crippen molar-refractivity contribution < 1.29 is 32.4 Å². The smallest absolute Gasteiger partial charge is 0.315 e. The van der Waals surface area contributed by atoms with Crippen LogP contribution in [0.15, 0.2) is 12.7 Å². The van der Waals surface area contributed by atoms with Gasteiger partial charge in [0.25, 0.3) is 5.91 Å². The summed E-state index contributed by atoms with van der Waals surface area (Å²) in [7, 11) is -3.59. The van der Waals surface area contributed by atoms with Crippen LogP contribution in [0.5, 0.6) is 0 Å². The first-order chi connectivity index (χ1) is 22.5. The molecule has 4 fully saturated rings. The molecular formula is C34H53Cl2N5O7S. The number of likely N-dealkylation sites (tertiary alicyclic amines) is 1. The predicted octanol–water partition coefficient (Wildman–Crippen LogP) is 3.40. The number of hydrogen-bond donors (Lipinski definition) is 4. The number of carbonyl (C=O) groups is 5. The van der Waals surface area contributed by atoms with Gasteiger partial charge in [-0.25, -0.2) is 13.2 Å². The van der Waals surface area contributed by atoms with Gasteiger partial charge in [0, 0.05) is 24.9 Å². The monoisotopic (exact) mass is 745 g/mol. The lowest BCUT2D eigenvalue weighted by Gasteiger charge is -2.41. The molecule has 3 saturated carbocycles. The molecule has 0 aromatic heterocycles. The number of carbonyl (C=O) groups excluding carboxylic acids is 5. The lowest BCUT2D eigenvalue weighted by atomic mass is 9.83. The average molecular weight is 747 g/mol. The molecule has 1 saturated heterocycles. The first kappa shape index (κ1) is 39.4. The highest BCUT2D eigenvalue weighted by atomic mass is 35.5. The van der Waals surface area contributed by atoms with Crippen LogP contribution in [0.1, 0.15) is 92.9 Å². The number of fused-ring (bicyclic) bond motifs is 1. The fourth-order valence-electron chi connectivity index (χ4n) is 7.06. The van der Waals surface area contributed by atoms with E-state index in [4.69, 9.17) is 23.2 Å². The highest BCUT2D eigenvalue weighted by molar-refractivity contribution is 7.92. The first-order valence-electron chi connectivity index (χ1n) is 17.3. The maximum atomic E-state index is 14.4. The Hall–Kier alpha value is -2.38. The van der Waals surface area contributed by atoms with Crippen molar-refractivity contribution >= 4 is 62.6 Å². The minimum absolute atomic E-state index is 0.0548. The minimum atomic E-state index is -3.59. The number of ketones is 1. The number of piperidine rings is 1. The molecule has 0 spiro atoms. The van der Waals surface area contributed by atoms with Crippen LogP contribution in [0.2, 0.25) is 0 Å². The number of amides is 5. The molecule has 0 bridgehead atoms. The van der Waals surface area contributed by atoms with Crippen molar-refractivity contribution in [2.24, 2.45) is 23.2 Å². The Morgan fingerprint density at radius 3 is 2.12 bits per heavy atom. The Bertz CT molecular complexity index is 1440. The maximum Gasteiger partial charge on any atom is 0.315 e. The Labute approximate surface area is 300 Å². The molecule has 4 N–H and O–H groups in total. The largest absolute Gasteiger partial charge is 0.346 e. The van der Waals surface area contributed by atoms with Gasteiger partial charge in [0.15, 0.2) is 9.84 Å². The summed E-state index contributed by atoms with van der Waals surface area (Å²) >= 11 is 13.1. The van der Waals surface area contributed by atoms with E-state index in [0.717, 1.165) is 32.1 Å². The number of halogens is 2. The van der Waals surface area contributed by atoms with Gasteiger partial charge in [-0.15, -0.1) is 29.8 Å². The molecule has 276 valence electrons. The van der Waals surface area contributed by atoms with E-state index < -0.39 is 89.4 Å². The summed E-state index contributed by atoms with van der Waals surface area (Å²) in [6, 6.07) is -4.03. The molecule has 5 amide bonds. The second-order valence-corrected chi connectivity index (χ2v) is 20.6. The molecule has 1 unspecified atom stereocenters. The second-order valence-electron chi connectivity index (χ2n) is 16.5. The summed E-state index contributed by atoms with van der Waals surface area (Å²) in [6.07, 6.45) is 6.90. The lowest BCUT2D eigenvalue weighted by Crippen LogP contribution is -2.64. The van der Waals surface area contributed by atoms with E-state index in [-0.39, 0.29) is 31.2 Å². The topological polar surface area (TPSA) is 171 Å². The number of Topliss-reactive ketones (excluding diaryl/α,β-unsaturated/α-hetero) is 1. The van der Waals surface area contributed by atoms with Gasteiger partial charge in [-0.05, 0) is 51.4 Å². The van der Waals surface area contributed by atoms with Gasteiger partial charge in [0.2, 0.25) is 17.6 Å². The number of urea groups is 1. The van der Waals surface area contributed by atoms with Gasteiger partial charge < -0.3 is 26.2 Å². The van der Waals surface area contributed by atoms with Crippen LogP contribution in [-0.4, -0.2) is 94.4 Å². The average Bonchev–Trinajstić information content (AvgIpc) is 3.84. The third kappa shape index (κ3) is 8.92. The van der Waals surface area contributed by atoms with E-state index in [1.165, 1.54) is 11.0 Å². The van der Waals surface area contributed by atoms with E-state index in [1.807, 2.05) is 0 Å². The van der Waals surface area contributed by atoms with Gasteiger partial charge in [0.05, 0.1) is 22.1 Å². The second kappa shape index (κ2) is 14.3. The number of alkyl halides is 2. The first-order valence-corrected chi connectivity index (χ1v) is 19.7. The lowest BCUT2D eigenvalue weighted by molar-refractivity contribution is -0.144. The van der Waals surface area contributed by atoms with E-state index in [2.05, 4.69) is 27.8 Å². The van der Waals surface area contributed by atoms with Crippen LogP contribution in [0.4, 0.5) is 4.79 Å². The zero-order chi connectivity index (χ0) is 36.7. The summed E-state index contributed by atoms with van der Waals surface area (Å²) in [5, 5.41) is 11.0. The van der Waals surface area contributed by atoms with E-state index in [9.17, 15) is 32.4 Å². The number of nitrogens with zero attached hydrogens (tertiary/aromatic N) is 1. The predicted molar refractivity (Wildman–Crippen MR) is 189 cm³/mol. The van der Waals surface area contributed by atoms with Crippen molar-refractivity contribution in [2.75, 3.05) is 18.8 Å². The zero-order valence-corrected chi connectivity index (χ0v) is 31.8. The van der Waals surface area contributed by atoms with Gasteiger partial charge in [0.1, 0.15) is 16.4 Å². The van der Waals surface area contributed by atoms with Crippen molar-refractivity contribution in [3.63, 3.8) is 0 Å². The van der Waals surface area contributed by atoms with E-state index in [0.29, 0.717) is 12.8 Å². The van der Waals surface area contributed by atoms with Gasteiger partial charge >= 0.3 is 6.03 Å². The third-order valence-electron chi connectivity index (χ3n) is 10.4. The number of sulfone groups is 1. The Balaban J connectivity index is 1.55. The summed E-state index contributed by atoms with van der Waals surface area (Å²) < 4.78 is 24.3. The summed E-state index contributed by atoms with van der Waals surface area (Å²) in [5.74, 6) is -3.87. The van der Waals surface area contributed by atoms with Crippen molar-refractivity contribution in [1.29, 1.82) is 0 Å². The van der Waals surface area contributed by atoms with Crippen LogP contribution in [0, 0.1) is 23.2 Å². The van der Waals surface area contributed by atoms with E-state index >= 15 is 0 Å². The van der Waals surface area contributed by atoms with Crippen LogP contribution < -0.4 is 21.3 Å². The Morgan fingerprint density at radius 2 is 1.59 bits per heavy atom. The molecule has 1 aliphatic heterocycles. The van der Waals surface area contributed by atoms with Crippen LogP contribution in [-0.2, 0) is 29.0 Å². The molecule has 4 rings (SSSR count). The SMILES string of the molecule is C=CCNC(=O)C(=O)C(CC1CC1)NC(=O)[C@@H]1[C@@H]2[C@H](CN1C(=O)[C@@H](NC(=O)NC1(CS(=O)(=O)C(C)(C)C)CCCCC1)C(C)(C)C)C2(Cl)Cl. The molecule has 5 atom stereocenters. The van der Waals surface area contributed by atoms with Crippen molar-refractivity contribution in [3.8, 4) is 0 Å². The highest BCUT2D eigenvalue weighted by Crippen LogP contribution is 2.65. The van der Waals surface area contributed by atoms with Crippen molar-refractivity contribution in [3.05, 3.63) is 12.7 Å². The Morgan fingerprint density at radius 1 is 0.980 bits per heavy atom. The van der Waals surface area contributed by atoms with E-state index in [1.54, 1.807) is 41.5 Å². The van der Waals surface area contributed by atoms with Gasteiger partial charge in [-0.2, -0.15) is 0 Å². The van der Waals surface area contributed by atoms with Crippen molar-refractivity contribution in [1.82, 2.24) is 26.2 Å². The zero-order valence-electron chi connectivity index (χ0n) is 29.5. The normalized spacial score (nSPS) is 25.6. The molecule has 1 heterocycles.